The van der Waals surface area contributed by atoms with Crippen molar-refractivity contribution < 1.29 is 10.0 Å². The van der Waals surface area contributed by atoms with Gasteiger partial charge in [-0.2, -0.15) is 0 Å². The highest BCUT2D eigenvalue weighted by atomic mass is 16.4. The van der Waals surface area contributed by atoms with Crippen molar-refractivity contribution in [1.29, 1.82) is 0 Å². The fourth-order valence-corrected chi connectivity index (χ4v) is 3.05. The highest BCUT2D eigenvalue weighted by Crippen LogP contribution is 2.40. The van der Waals surface area contributed by atoms with Crippen LogP contribution < -0.4 is 5.73 Å². The lowest BCUT2D eigenvalue weighted by molar-refractivity contribution is -0.139. The number of likely N-dealkylation sites (tertiary alicyclic amines) is 1. The zero-order valence-electron chi connectivity index (χ0n) is 10.2. The molecule has 0 aromatic heterocycles. The van der Waals surface area contributed by atoms with E-state index >= 15 is 0 Å². The Kier molecular flexibility index (Phi) is 3.54. The van der Waals surface area contributed by atoms with Crippen molar-refractivity contribution in [3.05, 3.63) is 0 Å². The summed E-state index contributed by atoms with van der Waals surface area (Å²) in [5.41, 5.74) is 5.06. The summed E-state index contributed by atoms with van der Waals surface area (Å²) < 4.78 is 0. The van der Waals surface area contributed by atoms with Gasteiger partial charge in [-0.3, -0.25) is 4.79 Å². The Morgan fingerprint density at radius 2 is 1.71 bits per heavy atom. The molecule has 0 atom stereocenters. The molecule has 1 aliphatic heterocycles. The third-order valence-corrected chi connectivity index (χ3v) is 4.11. The number of amides is 1. The highest BCUT2D eigenvalue weighted by Gasteiger charge is 2.47. The molecule has 0 aromatic carbocycles. The Morgan fingerprint density at radius 3 is 2.24 bits per heavy atom. The number of rotatable bonds is 2. The average Bonchev–Trinajstić information content (AvgIpc) is 2.88. The molecule has 0 radical (unpaired) electrons. The highest BCUT2D eigenvalue weighted by molar-refractivity contribution is 6.07. The summed E-state index contributed by atoms with van der Waals surface area (Å²) in [6.07, 6.45) is 6.73. The van der Waals surface area contributed by atoms with E-state index < -0.39 is 5.41 Å². The maximum absolute atomic E-state index is 12.6. The Bertz CT molecular complexity index is 316. The van der Waals surface area contributed by atoms with Gasteiger partial charge in [0.25, 0.3) is 0 Å². The van der Waals surface area contributed by atoms with Gasteiger partial charge in [-0.05, 0) is 32.1 Å². The summed E-state index contributed by atoms with van der Waals surface area (Å²) in [6, 6.07) is 0. The summed E-state index contributed by atoms with van der Waals surface area (Å²) >= 11 is 0. The number of piperidine rings is 1. The Hall–Kier alpha value is -1.26. The summed E-state index contributed by atoms with van der Waals surface area (Å²) in [4.78, 5) is 14.5. The quantitative estimate of drug-likeness (QED) is 0.330. The molecule has 0 aromatic rings. The minimum atomic E-state index is -0.716. The monoisotopic (exact) mass is 239 g/mol. The molecule has 2 aliphatic rings. The average molecular weight is 239 g/mol. The van der Waals surface area contributed by atoms with Gasteiger partial charge in [0.2, 0.25) is 5.91 Å². The van der Waals surface area contributed by atoms with Crippen LogP contribution in [0.5, 0.6) is 0 Å². The zero-order chi connectivity index (χ0) is 12.3. The number of carbonyl (C=O) groups excluding carboxylic acids is 1. The molecule has 1 saturated heterocycles. The Labute approximate surface area is 102 Å². The molecular weight excluding hydrogens is 218 g/mol. The summed E-state index contributed by atoms with van der Waals surface area (Å²) in [6.45, 7) is 1.64. The summed E-state index contributed by atoms with van der Waals surface area (Å²) in [5, 5.41) is 12.0. The molecular formula is C12H21N3O2. The topological polar surface area (TPSA) is 78.9 Å². The van der Waals surface area contributed by atoms with Gasteiger partial charge in [-0.15, -0.1) is 0 Å². The van der Waals surface area contributed by atoms with E-state index in [2.05, 4.69) is 5.16 Å². The van der Waals surface area contributed by atoms with E-state index in [4.69, 9.17) is 10.9 Å². The molecule has 1 amide bonds. The minimum absolute atomic E-state index is 0.0741. The van der Waals surface area contributed by atoms with Gasteiger partial charge in [-0.25, -0.2) is 0 Å². The molecule has 5 heteroatoms. The SMILES string of the molecule is NC(=NO)C1(C(=O)N2CCCCC2)CCCC1. The number of nitrogens with zero attached hydrogens (tertiary/aromatic N) is 2. The first-order valence-corrected chi connectivity index (χ1v) is 6.48. The van der Waals surface area contributed by atoms with E-state index in [0.29, 0.717) is 0 Å². The van der Waals surface area contributed by atoms with Gasteiger partial charge in [0.05, 0.1) is 0 Å². The smallest absolute Gasteiger partial charge is 0.236 e. The fourth-order valence-electron chi connectivity index (χ4n) is 3.05. The molecule has 0 unspecified atom stereocenters. The number of amidine groups is 1. The van der Waals surface area contributed by atoms with Crippen LogP contribution in [0.2, 0.25) is 0 Å². The van der Waals surface area contributed by atoms with Crippen molar-refractivity contribution in [2.75, 3.05) is 13.1 Å². The van der Waals surface area contributed by atoms with Crippen molar-refractivity contribution in [2.45, 2.75) is 44.9 Å². The minimum Gasteiger partial charge on any atom is -0.409 e. The number of hydrogen-bond acceptors (Lipinski definition) is 3. The van der Waals surface area contributed by atoms with Gasteiger partial charge >= 0.3 is 0 Å². The number of hydrogen-bond donors (Lipinski definition) is 2. The molecule has 3 N–H and O–H groups in total. The maximum Gasteiger partial charge on any atom is 0.236 e. The van der Waals surface area contributed by atoms with E-state index in [-0.39, 0.29) is 11.7 Å². The van der Waals surface area contributed by atoms with Crippen molar-refractivity contribution in [1.82, 2.24) is 4.90 Å². The first kappa shape index (κ1) is 12.2. The third-order valence-electron chi connectivity index (χ3n) is 4.11. The maximum atomic E-state index is 12.6. The van der Waals surface area contributed by atoms with Crippen LogP contribution in [0.25, 0.3) is 0 Å². The van der Waals surface area contributed by atoms with Crippen molar-refractivity contribution in [2.24, 2.45) is 16.3 Å². The lowest BCUT2D eigenvalue weighted by atomic mass is 9.82. The first-order valence-electron chi connectivity index (χ1n) is 6.48. The standard InChI is InChI=1S/C12H21N3O2/c13-10(14-17)12(6-2-3-7-12)11(16)15-8-4-1-5-9-15/h17H,1-9H2,(H2,13,14). The normalized spacial score (nSPS) is 24.9. The van der Waals surface area contributed by atoms with Crippen LogP contribution in [0.4, 0.5) is 0 Å². The van der Waals surface area contributed by atoms with Crippen molar-refractivity contribution >= 4 is 11.7 Å². The lowest BCUT2D eigenvalue weighted by Crippen LogP contribution is -2.51. The van der Waals surface area contributed by atoms with E-state index in [1.807, 2.05) is 4.90 Å². The van der Waals surface area contributed by atoms with Gasteiger partial charge in [0.15, 0.2) is 5.84 Å². The lowest BCUT2D eigenvalue weighted by Gasteiger charge is -2.35. The van der Waals surface area contributed by atoms with Crippen LogP contribution in [-0.4, -0.2) is 34.9 Å². The molecule has 96 valence electrons. The largest absolute Gasteiger partial charge is 0.409 e. The van der Waals surface area contributed by atoms with Crippen LogP contribution in [0.3, 0.4) is 0 Å². The zero-order valence-corrected chi connectivity index (χ0v) is 10.2. The molecule has 5 nitrogen and oxygen atoms in total. The van der Waals surface area contributed by atoms with Crippen molar-refractivity contribution in [3.8, 4) is 0 Å². The van der Waals surface area contributed by atoms with Crippen LogP contribution >= 0.6 is 0 Å². The van der Waals surface area contributed by atoms with Crippen molar-refractivity contribution in [3.63, 3.8) is 0 Å². The van der Waals surface area contributed by atoms with Gasteiger partial charge in [0, 0.05) is 13.1 Å². The van der Waals surface area contributed by atoms with Crippen LogP contribution in [0.1, 0.15) is 44.9 Å². The molecule has 0 bridgehead atoms. The second kappa shape index (κ2) is 4.94. The van der Waals surface area contributed by atoms with Gasteiger partial charge in [0.1, 0.15) is 5.41 Å². The van der Waals surface area contributed by atoms with E-state index in [9.17, 15) is 4.79 Å². The second-order valence-corrected chi connectivity index (χ2v) is 5.13. The second-order valence-electron chi connectivity index (χ2n) is 5.13. The predicted octanol–water partition coefficient (Wildman–Crippen LogP) is 1.31. The van der Waals surface area contributed by atoms with Crippen LogP contribution in [0.15, 0.2) is 5.16 Å². The Morgan fingerprint density at radius 1 is 1.12 bits per heavy atom. The van der Waals surface area contributed by atoms with Crippen LogP contribution in [0, 0.1) is 5.41 Å². The molecule has 2 fully saturated rings. The number of carbonyl (C=O) groups is 1. The summed E-state index contributed by atoms with van der Waals surface area (Å²) in [5.74, 6) is 0.176. The Balaban J connectivity index is 2.18. The predicted molar refractivity (Wildman–Crippen MR) is 64.7 cm³/mol. The molecule has 2 rings (SSSR count). The molecule has 17 heavy (non-hydrogen) atoms. The first-order chi connectivity index (χ1) is 8.20. The van der Waals surface area contributed by atoms with Gasteiger partial charge < -0.3 is 15.8 Å². The molecule has 1 heterocycles. The number of nitrogens with two attached hydrogens (primary N) is 1. The number of oxime groups is 1. The van der Waals surface area contributed by atoms with E-state index in [0.717, 1.165) is 51.6 Å². The fraction of sp³-hybridized carbons (Fsp3) is 0.833. The van der Waals surface area contributed by atoms with Gasteiger partial charge in [-0.1, -0.05) is 18.0 Å². The molecule has 1 aliphatic carbocycles. The molecule has 1 saturated carbocycles. The third kappa shape index (κ3) is 2.10. The van der Waals surface area contributed by atoms with E-state index in [1.54, 1.807) is 0 Å². The molecule has 0 spiro atoms. The summed E-state index contributed by atoms with van der Waals surface area (Å²) in [7, 11) is 0. The van der Waals surface area contributed by atoms with E-state index in [1.165, 1.54) is 6.42 Å². The van der Waals surface area contributed by atoms with Crippen LogP contribution in [-0.2, 0) is 4.79 Å².